The summed E-state index contributed by atoms with van der Waals surface area (Å²) in [5, 5.41) is 5.38. The van der Waals surface area contributed by atoms with Gasteiger partial charge in [0.15, 0.2) is 7.28 Å². The summed E-state index contributed by atoms with van der Waals surface area (Å²) in [6.07, 6.45) is 13.9. The number of halogens is 1. The van der Waals surface area contributed by atoms with Gasteiger partial charge in [0.25, 0.3) is 0 Å². The maximum atomic E-state index is 10.5. The average Bonchev–Trinajstić information content (AvgIpc) is 3.22. The second kappa shape index (κ2) is 18.2. The molecule has 2 N–H and O–H groups in total. The summed E-state index contributed by atoms with van der Waals surface area (Å²) < 4.78 is 5.68. The van der Waals surface area contributed by atoms with Crippen LogP contribution >= 0.6 is 11.6 Å². The summed E-state index contributed by atoms with van der Waals surface area (Å²) in [4.78, 5) is 24.3. The monoisotopic (exact) mass is 736 g/mol. The van der Waals surface area contributed by atoms with Gasteiger partial charge in [-0.1, -0.05) is 78.6 Å². The lowest BCUT2D eigenvalue weighted by molar-refractivity contribution is 0.185. The minimum Gasteiger partial charge on any atom is -0.496 e. The van der Waals surface area contributed by atoms with Crippen molar-refractivity contribution >= 4 is 46.6 Å². The molecule has 7 nitrogen and oxygen atoms in total. The molecular weight excluding hydrogens is 689 g/mol. The Morgan fingerprint density at radius 3 is 1.81 bits per heavy atom. The van der Waals surface area contributed by atoms with Gasteiger partial charge in [-0.25, -0.2) is 0 Å². The summed E-state index contributed by atoms with van der Waals surface area (Å²) in [6, 6.07) is 29.8. The quantitative estimate of drug-likeness (QED) is 0.111. The SMILES string of the molecule is COc1cc2cncc(-c3ccccc3)c2cc1CN1CCC(N)CC1.O=C[B]CC1CCN(Cc2cc3c(-c4ccccc4)cncc3cc2Cl)CC1. The molecule has 275 valence electrons. The van der Waals surface area contributed by atoms with Crippen LogP contribution in [0.4, 0.5) is 0 Å². The number of benzene rings is 4. The molecule has 0 aliphatic carbocycles. The van der Waals surface area contributed by atoms with Crippen molar-refractivity contribution in [2.75, 3.05) is 33.3 Å². The number of carbonyl (C=O) groups excluding carboxylic acids is 1. The Balaban J connectivity index is 0.000000167. The molecule has 8 rings (SSSR count). The third kappa shape index (κ3) is 9.19. The molecule has 0 spiro atoms. The van der Waals surface area contributed by atoms with E-state index in [2.05, 4.69) is 86.5 Å². The van der Waals surface area contributed by atoms with Crippen LogP contribution in [0.5, 0.6) is 5.75 Å². The predicted octanol–water partition coefficient (Wildman–Crippen LogP) is 8.91. The number of piperidine rings is 2. The maximum Gasteiger partial charge on any atom is 0.197 e. The highest BCUT2D eigenvalue weighted by Crippen LogP contribution is 2.35. The molecule has 2 aliphatic rings. The summed E-state index contributed by atoms with van der Waals surface area (Å²) in [6.45, 7) is 5.94. The lowest BCUT2D eigenvalue weighted by Gasteiger charge is -2.32. The zero-order chi connectivity index (χ0) is 37.3. The van der Waals surface area contributed by atoms with Gasteiger partial charge in [-0.2, -0.15) is 0 Å². The number of rotatable bonds is 10. The van der Waals surface area contributed by atoms with Crippen molar-refractivity contribution in [2.45, 2.75) is 51.1 Å². The fraction of sp³-hybridized carbons (Fsp3) is 0.311. The third-order valence-corrected chi connectivity index (χ3v) is 11.3. The summed E-state index contributed by atoms with van der Waals surface area (Å²) in [5.74, 6) is 1.56. The number of nitrogens with two attached hydrogens (primary N) is 1. The van der Waals surface area contributed by atoms with E-state index in [4.69, 9.17) is 22.1 Å². The van der Waals surface area contributed by atoms with Gasteiger partial charge in [0.05, 0.1) is 13.3 Å². The highest BCUT2D eigenvalue weighted by atomic mass is 35.5. The number of fused-ring (bicyclic) bond motifs is 2. The lowest BCUT2D eigenvalue weighted by Crippen LogP contribution is -2.39. The van der Waals surface area contributed by atoms with E-state index in [1.165, 1.54) is 27.5 Å². The van der Waals surface area contributed by atoms with E-state index in [0.29, 0.717) is 12.0 Å². The predicted molar refractivity (Wildman–Crippen MR) is 224 cm³/mol. The average molecular weight is 737 g/mol. The van der Waals surface area contributed by atoms with Crippen molar-refractivity contribution < 1.29 is 9.53 Å². The molecular formula is C45H48BClN5O2. The molecule has 0 unspecified atom stereocenters. The molecule has 2 fully saturated rings. The van der Waals surface area contributed by atoms with E-state index in [1.807, 2.05) is 43.0 Å². The minimum absolute atomic E-state index is 0.348. The van der Waals surface area contributed by atoms with Crippen LogP contribution in [0, 0.1) is 5.92 Å². The van der Waals surface area contributed by atoms with Crippen LogP contribution < -0.4 is 10.5 Å². The molecule has 0 bridgehead atoms. The molecule has 9 heteroatoms. The molecule has 4 aromatic carbocycles. The van der Waals surface area contributed by atoms with Crippen molar-refractivity contribution in [1.29, 1.82) is 0 Å². The van der Waals surface area contributed by atoms with E-state index in [-0.39, 0.29) is 0 Å². The standard InChI is InChI=1S/C23H23BClN2O.C22H25N3O/c25-23-11-19-13-26-14-22(18-4-2-1-3-5-18)21(19)10-20(23)15-27-8-6-17(7-9-27)12-24-16-28;1-26-22-12-17-13-24-14-21(16-5-3-2-4-6-16)20(17)11-18(22)15-25-9-7-19(23)8-10-25/h1-5,10-11,13-14,16-17H,6-9,12,15H2;2-6,11-14,19H,7-10,15,23H2,1H3. The van der Waals surface area contributed by atoms with Crippen LogP contribution in [-0.2, 0) is 17.9 Å². The highest BCUT2D eigenvalue weighted by Gasteiger charge is 2.21. The first-order valence-corrected chi connectivity index (χ1v) is 19.5. The topological polar surface area (TPSA) is 84.6 Å². The van der Waals surface area contributed by atoms with E-state index in [9.17, 15) is 4.79 Å². The minimum atomic E-state index is 0.348. The zero-order valence-corrected chi connectivity index (χ0v) is 31.8. The van der Waals surface area contributed by atoms with Gasteiger partial charge < -0.3 is 15.3 Å². The molecule has 0 amide bonds. The number of hydrogen-bond acceptors (Lipinski definition) is 7. The first-order chi connectivity index (χ1) is 26.5. The summed E-state index contributed by atoms with van der Waals surface area (Å²) in [5.41, 5.74) is 13.1. The normalized spacial score (nSPS) is 15.8. The fourth-order valence-electron chi connectivity index (χ4n) is 7.83. The van der Waals surface area contributed by atoms with Crippen molar-refractivity contribution in [1.82, 2.24) is 19.8 Å². The van der Waals surface area contributed by atoms with Gasteiger partial charge in [-0.3, -0.25) is 19.8 Å². The highest BCUT2D eigenvalue weighted by molar-refractivity contribution is 6.66. The number of aromatic nitrogens is 2. The second-order valence-corrected chi connectivity index (χ2v) is 15.0. The van der Waals surface area contributed by atoms with E-state index in [0.717, 1.165) is 116 Å². The summed E-state index contributed by atoms with van der Waals surface area (Å²) in [7, 11) is 3.49. The molecule has 4 heterocycles. The van der Waals surface area contributed by atoms with Crippen molar-refractivity contribution in [3.8, 4) is 28.0 Å². The third-order valence-electron chi connectivity index (χ3n) is 10.9. The molecule has 2 aromatic heterocycles. The Morgan fingerprint density at radius 1 is 0.741 bits per heavy atom. The van der Waals surface area contributed by atoms with Crippen molar-refractivity contribution in [3.63, 3.8) is 0 Å². The zero-order valence-electron chi connectivity index (χ0n) is 31.0. The second-order valence-electron chi connectivity index (χ2n) is 14.6. The molecule has 0 saturated carbocycles. The van der Waals surface area contributed by atoms with E-state index >= 15 is 0 Å². The molecule has 2 aliphatic heterocycles. The van der Waals surface area contributed by atoms with E-state index in [1.54, 1.807) is 14.4 Å². The number of ether oxygens (including phenoxy) is 1. The molecule has 6 aromatic rings. The Morgan fingerprint density at radius 2 is 1.26 bits per heavy atom. The van der Waals surface area contributed by atoms with Crippen LogP contribution in [0.3, 0.4) is 0 Å². The molecule has 1 radical (unpaired) electrons. The summed E-state index contributed by atoms with van der Waals surface area (Å²) >= 11 is 6.62. The van der Waals surface area contributed by atoms with Gasteiger partial charge in [0.1, 0.15) is 5.75 Å². The molecule has 54 heavy (non-hydrogen) atoms. The first kappa shape index (κ1) is 37.7. The van der Waals surface area contributed by atoms with Crippen molar-refractivity contribution in [3.05, 3.63) is 126 Å². The van der Waals surface area contributed by atoms with Crippen LogP contribution in [0.2, 0.25) is 11.3 Å². The lowest BCUT2D eigenvalue weighted by atomic mass is 9.69. The number of likely N-dealkylation sites (tertiary alicyclic amines) is 2. The van der Waals surface area contributed by atoms with Gasteiger partial charge in [-0.05, 0) is 110 Å². The fourth-order valence-corrected chi connectivity index (χ4v) is 8.06. The Hall–Kier alpha value is -4.60. The van der Waals surface area contributed by atoms with Crippen LogP contribution in [0.25, 0.3) is 43.8 Å². The number of methoxy groups -OCH3 is 1. The first-order valence-electron chi connectivity index (χ1n) is 19.1. The molecule has 0 atom stereocenters. The smallest absolute Gasteiger partial charge is 0.197 e. The Bertz CT molecular complexity index is 2150. The number of pyridine rings is 2. The number of carbonyl (C=O) groups is 1. The Kier molecular flexibility index (Phi) is 12.7. The van der Waals surface area contributed by atoms with Crippen LogP contribution in [0.1, 0.15) is 36.8 Å². The van der Waals surface area contributed by atoms with Gasteiger partial charge >= 0.3 is 0 Å². The Labute approximate surface area is 324 Å². The number of hydrogen-bond donors (Lipinski definition) is 1. The van der Waals surface area contributed by atoms with Crippen LogP contribution in [-0.4, -0.2) is 72.6 Å². The van der Waals surface area contributed by atoms with Gasteiger partial charge in [0.2, 0.25) is 0 Å². The number of nitrogens with zero attached hydrogens (tertiary/aromatic N) is 4. The van der Waals surface area contributed by atoms with E-state index < -0.39 is 0 Å². The molecule has 2 saturated heterocycles. The maximum absolute atomic E-state index is 10.5. The van der Waals surface area contributed by atoms with Crippen LogP contribution in [0.15, 0.2) is 110 Å². The van der Waals surface area contributed by atoms with Gasteiger partial charge in [0, 0.05) is 76.4 Å². The van der Waals surface area contributed by atoms with Crippen molar-refractivity contribution in [2.24, 2.45) is 11.7 Å². The largest absolute Gasteiger partial charge is 0.496 e. The van der Waals surface area contributed by atoms with Gasteiger partial charge in [-0.15, -0.1) is 0 Å².